The predicted octanol–water partition coefficient (Wildman–Crippen LogP) is 1.35. The van der Waals surface area contributed by atoms with Crippen molar-refractivity contribution in [2.24, 2.45) is 0 Å². The Morgan fingerprint density at radius 3 is 2.80 bits per heavy atom. The molecule has 1 aromatic rings. The summed E-state index contributed by atoms with van der Waals surface area (Å²) in [6, 6.07) is 5.05. The van der Waals surface area contributed by atoms with Gasteiger partial charge in [-0.25, -0.2) is 0 Å². The average Bonchev–Trinajstić information content (AvgIpc) is 2.72. The lowest BCUT2D eigenvalue weighted by Gasteiger charge is -2.36. The molecule has 0 radical (unpaired) electrons. The van der Waals surface area contributed by atoms with E-state index in [0.29, 0.717) is 16.8 Å². The monoisotopic (exact) mass is 273 g/mol. The fourth-order valence-corrected chi connectivity index (χ4v) is 3.19. The van der Waals surface area contributed by atoms with Crippen molar-refractivity contribution < 1.29 is 9.59 Å². The summed E-state index contributed by atoms with van der Waals surface area (Å²) in [7, 11) is 0. The molecule has 3 rings (SSSR count). The number of amides is 2. The van der Waals surface area contributed by atoms with Crippen molar-refractivity contribution in [3.63, 3.8) is 0 Å². The van der Waals surface area contributed by atoms with E-state index >= 15 is 0 Å². The summed E-state index contributed by atoms with van der Waals surface area (Å²) in [4.78, 5) is 28.7. The van der Waals surface area contributed by atoms with Crippen LogP contribution in [-0.4, -0.2) is 47.3 Å². The quantitative estimate of drug-likeness (QED) is 0.652. The minimum absolute atomic E-state index is 0.0319. The Kier molecular flexibility index (Phi) is 3.22. The van der Waals surface area contributed by atoms with Gasteiger partial charge in [0.2, 0.25) is 0 Å². The first-order valence-electron chi connectivity index (χ1n) is 7.12. The van der Waals surface area contributed by atoms with Gasteiger partial charge in [0, 0.05) is 12.2 Å². The number of imide groups is 1. The highest BCUT2D eigenvalue weighted by atomic mass is 16.2. The molecule has 2 amide bonds. The molecule has 5 heteroatoms. The van der Waals surface area contributed by atoms with Crippen LogP contribution in [0.4, 0.5) is 5.69 Å². The number of nitrogens with two attached hydrogens (primary N) is 1. The van der Waals surface area contributed by atoms with Gasteiger partial charge in [0.05, 0.1) is 17.2 Å². The van der Waals surface area contributed by atoms with E-state index in [1.807, 2.05) is 0 Å². The minimum Gasteiger partial charge on any atom is -0.398 e. The number of nitrogen functional groups attached to an aromatic ring is 1. The van der Waals surface area contributed by atoms with Gasteiger partial charge in [0.25, 0.3) is 11.8 Å². The molecule has 0 aliphatic carbocycles. The summed E-state index contributed by atoms with van der Waals surface area (Å²) in [5.74, 6) is -0.425. The van der Waals surface area contributed by atoms with E-state index in [2.05, 4.69) is 11.8 Å². The second-order valence-electron chi connectivity index (χ2n) is 5.44. The molecule has 1 atom stereocenters. The minimum atomic E-state index is -0.231. The first-order valence-corrected chi connectivity index (χ1v) is 7.12. The Hall–Kier alpha value is -1.88. The highest BCUT2D eigenvalue weighted by molar-refractivity contribution is 6.23. The van der Waals surface area contributed by atoms with Crippen LogP contribution < -0.4 is 5.73 Å². The van der Waals surface area contributed by atoms with Crippen LogP contribution in [0.2, 0.25) is 0 Å². The number of carbonyl (C=O) groups excluding carboxylic acids is 2. The van der Waals surface area contributed by atoms with E-state index in [1.165, 1.54) is 4.90 Å². The highest BCUT2D eigenvalue weighted by Gasteiger charge is 2.42. The molecule has 0 bridgehead atoms. The Morgan fingerprint density at radius 2 is 2.10 bits per heavy atom. The maximum atomic E-state index is 12.5. The van der Waals surface area contributed by atoms with Crippen LogP contribution in [-0.2, 0) is 0 Å². The maximum absolute atomic E-state index is 12.5. The summed E-state index contributed by atoms with van der Waals surface area (Å²) in [5.41, 5.74) is 7.08. The van der Waals surface area contributed by atoms with Crippen molar-refractivity contribution in [1.82, 2.24) is 9.80 Å². The van der Waals surface area contributed by atoms with E-state index in [0.717, 1.165) is 32.5 Å². The molecule has 2 aliphatic rings. The van der Waals surface area contributed by atoms with Crippen LogP contribution >= 0.6 is 0 Å². The van der Waals surface area contributed by atoms with Crippen LogP contribution in [0, 0.1) is 0 Å². The summed E-state index contributed by atoms with van der Waals surface area (Å²) >= 11 is 0. The Balaban J connectivity index is 1.92. The standard InChI is InChI=1S/C15H19N3O2/c1-2-17-8-4-5-10(9-17)18-14(19)11-6-3-7-12(16)13(11)15(18)20/h3,6-7,10H,2,4-5,8-9,16H2,1H3/t10-/m0/s1. The number of rotatable bonds is 2. The number of carbonyl (C=O) groups is 2. The average molecular weight is 273 g/mol. The molecule has 1 aromatic carbocycles. The lowest BCUT2D eigenvalue weighted by atomic mass is 10.0. The van der Waals surface area contributed by atoms with Crippen LogP contribution in [0.5, 0.6) is 0 Å². The van der Waals surface area contributed by atoms with Gasteiger partial charge in [-0.15, -0.1) is 0 Å². The normalized spacial score (nSPS) is 23.2. The summed E-state index contributed by atoms with van der Waals surface area (Å²) < 4.78 is 0. The second-order valence-corrected chi connectivity index (χ2v) is 5.44. The van der Waals surface area contributed by atoms with Crippen LogP contribution in [0.25, 0.3) is 0 Å². The molecule has 2 aliphatic heterocycles. The smallest absolute Gasteiger partial charge is 0.263 e. The van der Waals surface area contributed by atoms with E-state index in [-0.39, 0.29) is 17.9 Å². The van der Waals surface area contributed by atoms with Gasteiger partial charge < -0.3 is 10.6 Å². The zero-order valence-corrected chi connectivity index (χ0v) is 11.6. The number of hydrogen-bond acceptors (Lipinski definition) is 4. The summed E-state index contributed by atoms with van der Waals surface area (Å²) in [5, 5.41) is 0. The van der Waals surface area contributed by atoms with Gasteiger partial charge in [-0.05, 0) is 38.1 Å². The first kappa shape index (κ1) is 13.1. The lowest BCUT2D eigenvalue weighted by molar-refractivity contribution is 0.0487. The number of anilines is 1. The largest absolute Gasteiger partial charge is 0.398 e. The maximum Gasteiger partial charge on any atom is 0.263 e. The van der Waals surface area contributed by atoms with E-state index in [4.69, 9.17) is 5.73 Å². The van der Waals surface area contributed by atoms with Gasteiger partial charge in [0.1, 0.15) is 0 Å². The van der Waals surface area contributed by atoms with Crippen molar-refractivity contribution in [2.75, 3.05) is 25.4 Å². The third-order valence-corrected chi connectivity index (χ3v) is 4.27. The molecule has 5 nitrogen and oxygen atoms in total. The van der Waals surface area contributed by atoms with Crippen molar-refractivity contribution in [2.45, 2.75) is 25.8 Å². The molecule has 1 saturated heterocycles. The van der Waals surface area contributed by atoms with Gasteiger partial charge in [-0.1, -0.05) is 13.0 Å². The molecular formula is C15H19N3O2. The van der Waals surface area contributed by atoms with Crippen molar-refractivity contribution in [3.05, 3.63) is 29.3 Å². The second kappa shape index (κ2) is 4.90. The van der Waals surface area contributed by atoms with E-state index < -0.39 is 0 Å². The number of piperidine rings is 1. The molecule has 0 saturated carbocycles. The highest BCUT2D eigenvalue weighted by Crippen LogP contribution is 2.31. The fraction of sp³-hybridized carbons (Fsp3) is 0.467. The van der Waals surface area contributed by atoms with Crippen molar-refractivity contribution in [3.8, 4) is 0 Å². The van der Waals surface area contributed by atoms with E-state index in [9.17, 15) is 9.59 Å². The number of likely N-dealkylation sites (N-methyl/N-ethyl adjacent to an activating group) is 1. The zero-order chi connectivity index (χ0) is 14.3. The topological polar surface area (TPSA) is 66.6 Å². The van der Waals surface area contributed by atoms with Gasteiger partial charge >= 0.3 is 0 Å². The summed E-state index contributed by atoms with van der Waals surface area (Å²) in [6.45, 7) is 4.85. The number of nitrogens with zero attached hydrogens (tertiary/aromatic N) is 2. The van der Waals surface area contributed by atoms with Crippen LogP contribution in [0.1, 0.15) is 40.5 Å². The van der Waals surface area contributed by atoms with Crippen molar-refractivity contribution >= 4 is 17.5 Å². The molecule has 0 spiro atoms. The van der Waals surface area contributed by atoms with Crippen LogP contribution in [0.3, 0.4) is 0 Å². The van der Waals surface area contributed by atoms with Gasteiger partial charge in [0.15, 0.2) is 0 Å². The number of likely N-dealkylation sites (tertiary alicyclic amines) is 1. The molecule has 2 N–H and O–H groups in total. The SMILES string of the molecule is CCN1CCC[C@H](N2C(=O)c3cccc(N)c3C2=O)C1. The zero-order valence-electron chi connectivity index (χ0n) is 11.6. The Bertz CT molecular complexity index is 570. The Labute approximate surface area is 118 Å². The van der Waals surface area contributed by atoms with Crippen LogP contribution in [0.15, 0.2) is 18.2 Å². The number of fused-ring (bicyclic) bond motifs is 1. The molecular weight excluding hydrogens is 254 g/mol. The van der Waals surface area contributed by atoms with Gasteiger partial charge in [-0.3, -0.25) is 14.5 Å². The fourth-order valence-electron chi connectivity index (χ4n) is 3.19. The molecule has 106 valence electrons. The molecule has 0 aromatic heterocycles. The van der Waals surface area contributed by atoms with Crippen molar-refractivity contribution in [1.29, 1.82) is 0 Å². The molecule has 0 unspecified atom stereocenters. The third kappa shape index (κ3) is 1.89. The Morgan fingerprint density at radius 1 is 1.30 bits per heavy atom. The number of hydrogen-bond donors (Lipinski definition) is 1. The molecule has 20 heavy (non-hydrogen) atoms. The predicted molar refractivity (Wildman–Crippen MR) is 76.5 cm³/mol. The molecule has 1 fully saturated rings. The summed E-state index contributed by atoms with van der Waals surface area (Å²) in [6.07, 6.45) is 1.89. The number of benzene rings is 1. The lowest BCUT2D eigenvalue weighted by Crippen LogP contribution is -2.50. The first-order chi connectivity index (χ1) is 9.63. The van der Waals surface area contributed by atoms with Gasteiger partial charge in [-0.2, -0.15) is 0 Å². The van der Waals surface area contributed by atoms with E-state index in [1.54, 1.807) is 18.2 Å². The molecule has 2 heterocycles. The third-order valence-electron chi connectivity index (χ3n) is 4.27.